The molecule has 1 aromatic carbocycles. The second kappa shape index (κ2) is 9.16. The first kappa shape index (κ1) is 20.3. The number of aromatic nitrogens is 2. The SMILES string of the molecule is Cc1ccc(-c2csc3ncnc(SCC(=O)NC(=O)NCC(C)C)c23)cc1. The van der Waals surface area contributed by atoms with Crippen LogP contribution in [0.2, 0.25) is 0 Å². The molecule has 28 heavy (non-hydrogen) atoms. The van der Waals surface area contributed by atoms with Gasteiger partial charge in [-0.25, -0.2) is 14.8 Å². The lowest BCUT2D eigenvalue weighted by atomic mass is 10.1. The molecule has 0 aliphatic carbocycles. The molecule has 2 N–H and O–H groups in total. The van der Waals surface area contributed by atoms with Crippen LogP contribution in [0.4, 0.5) is 4.79 Å². The normalized spacial score (nSPS) is 11.0. The molecule has 0 fully saturated rings. The summed E-state index contributed by atoms with van der Waals surface area (Å²) < 4.78 is 0. The Labute approximate surface area is 172 Å². The van der Waals surface area contributed by atoms with Crippen molar-refractivity contribution in [2.24, 2.45) is 5.92 Å². The number of imide groups is 1. The van der Waals surface area contributed by atoms with Gasteiger partial charge in [0.1, 0.15) is 16.2 Å². The molecule has 0 bridgehead atoms. The quantitative estimate of drug-likeness (QED) is 0.466. The summed E-state index contributed by atoms with van der Waals surface area (Å²) in [6, 6.07) is 7.81. The standard InChI is InChI=1S/C20H22N4O2S2/c1-12(2)8-21-20(26)24-16(25)10-28-19-17-15(9-27-18(17)22-11-23-19)14-6-4-13(3)5-7-14/h4-7,9,11-12H,8,10H2,1-3H3,(H2,21,24,25,26). The van der Waals surface area contributed by atoms with Crippen molar-refractivity contribution in [2.75, 3.05) is 12.3 Å². The highest BCUT2D eigenvalue weighted by Crippen LogP contribution is 2.37. The first-order valence-electron chi connectivity index (χ1n) is 8.93. The van der Waals surface area contributed by atoms with Gasteiger partial charge in [0.2, 0.25) is 5.91 Å². The smallest absolute Gasteiger partial charge is 0.321 e. The number of fused-ring (bicyclic) bond motifs is 1. The van der Waals surface area contributed by atoms with Crippen molar-refractivity contribution in [2.45, 2.75) is 25.8 Å². The topological polar surface area (TPSA) is 84.0 Å². The van der Waals surface area contributed by atoms with Crippen molar-refractivity contribution in [3.63, 3.8) is 0 Å². The molecule has 0 radical (unpaired) electrons. The van der Waals surface area contributed by atoms with Crippen LogP contribution in [-0.2, 0) is 4.79 Å². The van der Waals surface area contributed by atoms with Crippen LogP contribution in [-0.4, -0.2) is 34.2 Å². The summed E-state index contributed by atoms with van der Waals surface area (Å²) in [7, 11) is 0. The summed E-state index contributed by atoms with van der Waals surface area (Å²) in [5.41, 5.74) is 3.34. The Balaban J connectivity index is 1.73. The van der Waals surface area contributed by atoms with Gasteiger partial charge in [0.25, 0.3) is 0 Å². The van der Waals surface area contributed by atoms with E-state index in [0.29, 0.717) is 12.5 Å². The zero-order valence-electron chi connectivity index (χ0n) is 16.0. The van der Waals surface area contributed by atoms with Gasteiger partial charge in [0.05, 0.1) is 11.1 Å². The van der Waals surface area contributed by atoms with Gasteiger partial charge >= 0.3 is 6.03 Å². The summed E-state index contributed by atoms with van der Waals surface area (Å²) in [6.45, 7) is 6.55. The number of amides is 3. The van der Waals surface area contributed by atoms with Crippen LogP contribution in [0.15, 0.2) is 41.0 Å². The fourth-order valence-corrected chi connectivity index (χ4v) is 4.33. The van der Waals surface area contributed by atoms with Crippen molar-refractivity contribution in [1.29, 1.82) is 0 Å². The fourth-order valence-electron chi connectivity index (χ4n) is 2.54. The van der Waals surface area contributed by atoms with Crippen molar-refractivity contribution >= 4 is 45.3 Å². The largest absolute Gasteiger partial charge is 0.338 e. The van der Waals surface area contributed by atoms with E-state index in [1.807, 2.05) is 13.8 Å². The number of hydrogen-bond acceptors (Lipinski definition) is 6. The molecule has 8 heteroatoms. The molecule has 0 aliphatic rings. The van der Waals surface area contributed by atoms with Gasteiger partial charge in [-0.05, 0) is 18.4 Å². The average Bonchev–Trinajstić information content (AvgIpc) is 3.10. The molecule has 0 saturated heterocycles. The molecule has 0 unspecified atom stereocenters. The lowest BCUT2D eigenvalue weighted by molar-refractivity contribution is -0.117. The second-order valence-corrected chi connectivity index (χ2v) is 8.64. The third-order valence-corrected chi connectivity index (χ3v) is 5.84. The van der Waals surface area contributed by atoms with Gasteiger partial charge in [-0.15, -0.1) is 11.3 Å². The number of aryl methyl sites for hydroxylation is 1. The Hall–Kier alpha value is -2.45. The van der Waals surface area contributed by atoms with Crippen LogP contribution in [0.1, 0.15) is 19.4 Å². The Morgan fingerprint density at radius 1 is 1.18 bits per heavy atom. The summed E-state index contributed by atoms with van der Waals surface area (Å²) in [5, 5.41) is 8.76. The molecule has 3 aromatic rings. The number of carbonyl (C=O) groups is 2. The number of urea groups is 1. The molecule has 0 saturated carbocycles. The number of nitrogens with zero attached hydrogens (tertiary/aromatic N) is 2. The third-order valence-electron chi connectivity index (χ3n) is 3.96. The van der Waals surface area contributed by atoms with Crippen molar-refractivity contribution in [3.05, 3.63) is 41.5 Å². The molecule has 0 aliphatic heterocycles. The van der Waals surface area contributed by atoms with Crippen LogP contribution in [0.25, 0.3) is 21.3 Å². The van der Waals surface area contributed by atoms with E-state index in [1.165, 1.54) is 23.7 Å². The van der Waals surface area contributed by atoms with Gasteiger partial charge in [-0.1, -0.05) is 55.4 Å². The summed E-state index contributed by atoms with van der Waals surface area (Å²) >= 11 is 2.86. The first-order valence-corrected chi connectivity index (χ1v) is 10.8. The highest BCUT2D eigenvalue weighted by atomic mass is 32.2. The molecule has 0 spiro atoms. The molecule has 0 atom stereocenters. The highest BCUT2D eigenvalue weighted by Gasteiger charge is 2.15. The van der Waals surface area contributed by atoms with E-state index in [-0.39, 0.29) is 11.7 Å². The van der Waals surface area contributed by atoms with E-state index in [2.05, 4.69) is 57.2 Å². The molecular weight excluding hydrogens is 392 g/mol. The van der Waals surface area contributed by atoms with E-state index in [4.69, 9.17) is 0 Å². The van der Waals surface area contributed by atoms with Crippen LogP contribution < -0.4 is 10.6 Å². The van der Waals surface area contributed by atoms with Crippen LogP contribution in [0.5, 0.6) is 0 Å². The molecule has 2 aromatic heterocycles. The maximum Gasteiger partial charge on any atom is 0.321 e. The van der Waals surface area contributed by atoms with E-state index in [9.17, 15) is 9.59 Å². The number of benzene rings is 1. The van der Waals surface area contributed by atoms with E-state index < -0.39 is 6.03 Å². The number of thiophene rings is 1. The maximum atomic E-state index is 12.1. The Kier molecular flexibility index (Phi) is 6.64. The minimum absolute atomic E-state index is 0.102. The van der Waals surface area contributed by atoms with E-state index in [0.717, 1.165) is 26.4 Å². The Bertz CT molecular complexity index is 984. The number of thioether (sulfide) groups is 1. The monoisotopic (exact) mass is 414 g/mol. The van der Waals surface area contributed by atoms with Gasteiger partial charge < -0.3 is 5.32 Å². The van der Waals surface area contributed by atoms with E-state index in [1.54, 1.807) is 11.3 Å². The minimum Gasteiger partial charge on any atom is -0.338 e. The summed E-state index contributed by atoms with van der Waals surface area (Å²) in [4.78, 5) is 33.4. The lowest BCUT2D eigenvalue weighted by Gasteiger charge is -2.09. The number of hydrogen-bond donors (Lipinski definition) is 2. The molecular formula is C20H22N4O2S2. The molecule has 6 nitrogen and oxygen atoms in total. The molecule has 2 heterocycles. The van der Waals surface area contributed by atoms with Gasteiger partial charge in [0, 0.05) is 17.5 Å². The summed E-state index contributed by atoms with van der Waals surface area (Å²) in [5.74, 6) is 0.0677. The van der Waals surface area contributed by atoms with Crippen LogP contribution in [0.3, 0.4) is 0 Å². The predicted molar refractivity (Wildman–Crippen MR) is 115 cm³/mol. The maximum absolute atomic E-state index is 12.1. The number of rotatable bonds is 6. The van der Waals surface area contributed by atoms with Crippen molar-refractivity contribution in [3.8, 4) is 11.1 Å². The predicted octanol–water partition coefficient (Wildman–Crippen LogP) is 4.24. The minimum atomic E-state index is -0.469. The highest BCUT2D eigenvalue weighted by molar-refractivity contribution is 8.00. The molecule has 146 valence electrons. The summed E-state index contributed by atoms with van der Waals surface area (Å²) in [6.07, 6.45) is 1.51. The van der Waals surface area contributed by atoms with E-state index >= 15 is 0 Å². The van der Waals surface area contributed by atoms with Crippen LogP contribution in [0, 0.1) is 12.8 Å². The zero-order chi connectivity index (χ0) is 20.1. The van der Waals surface area contributed by atoms with Gasteiger partial charge in [-0.3, -0.25) is 10.1 Å². The first-order chi connectivity index (χ1) is 13.4. The second-order valence-electron chi connectivity index (χ2n) is 6.82. The molecule has 3 rings (SSSR count). The van der Waals surface area contributed by atoms with Gasteiger partial charge in [-0.2, -0.15) is 0 Å². The number of carbonyl (C=O) groups excluding carboxylic acids is 2. The van der Waals surface area contributed by atoms with Crippen molar-refractivity contribution < 1.29 is 9.59 Å². The average molecular weight is 415 g/mol. The fraction of sp³-hybridized carbons (Fsp3) is 0.300. The van der Waals surface area contributed by atoms with Gasteiger partial charge in [0.15, 0.2) is 0 Å². The lowest BCUT2D eigenvalue weighted by Crippen LogP contribution is -2.41. The Morgan fingerprint density at radius 2 is 1.93 bits per heavy atom. The van der Waals surface area contributed by atoms with Crippen LogP contribution >= 0.6 is 23.1 Å². The zero-order valence-corrected chi connectivity index (χ0v) is 17.6. The Morgan fingerprint density at radius 3 is 2.64 bits per heavy atom. The molecule has 3 amide bonds. The third kappa shape index (κ3) is 5.08. The number of nitrogens with one attached hydrogen (secondary N) is 2. The van der Waals surface area contributed by atoms with Crippen molar-refractivity contribution in [1.82, 2.24) is 20.6 Å².